The second kappa shape index (κ2) is 5.66. The standard InChI is InChI=1S/C17H16F2N2/c18-15-4-2-13(9-16(15)19)11-21-8-6-14-3-1-12(5-7-20)10-17(14)21/h1-4,6,8-10H,5,7,11,20H2. The zero-order valence-electron chi connectivity index (χ0n) is 11.5. The number of hydrogen-bond acceptors (Lipinski definition) is 1. The van der Waals surface area contributed by atoms with Crippen LogP contribution in [0.2, 0.25) is 0 Å². The Morgan fingerprint density at radius 1 is 0.905 bits per heavy atom. The molecule has 2 aromatic carbocycles. The second-order valence-corrected chi connectivity index (χ2v) is 5.12. The van der Waals surface area contributed by atoms with Crippen LogP contribution >= 0.6 is 0 Å². The van der Waals surface area contributed by atoms with E-state index in [1.54, 1.807) is 6.07 Å². The van der Waals surface area contributed by atoms with E-state index in [2.05, 4.69) is 18.2 Å². The van der Waals surface area contributed by atoms with Crippen molar-refractivity contribution in [1.29, 1.82) is 0 Å². The zero-order chi connectivity index (χ0) is 14.8. The lowest BCUT2D eigenvalue weighted by atomic mass is 10.1. The van der Waals surface area contributed by atoms with E-state index in [-0.39, 0.29) is 0 Å². The summed E-state index contributed by atoms with van der Waals surface area (Å²) in [6, 6.07) is 12.2. The third kappa shape index (κ3) is 2.81. The Labute approximate surface area is 121 Å². The molecule has 108 valence electrons. The number of benzene rings is 2. The van der Waals surface area contributed by atoms with Crippen LogP contribution < -0.4 is 5.73 Å². The summed E-state index contributed by atoms with van der Waals surface area (Å²) in [6.07, 6.45) is 2.78. The van der Waals surface area contributed by atoms with Gasteiger partial charge in [0.15, 0.2) is 11.6 Å². The van der Waals surface area contributed by atoms with Crippen LogP contribution in [0.4, 0.5) is 8.78 Å². The number of nitrogens with two attached hydrogens (primary N) is 1. The molecule has 0 radical (unpaired) electrons. The van der Waals surface area contributed by atoms with Gasteiger partial charge in [-0.3, -0.25) is 0 Å². The summed E-state index contributed by atoms with van der Waals surface area (Å²) >= 11 is 0. The third-order valence-corrected chi connectivity index (χ3v) is 3.61. The number of nitrogens with zero attached hydrogens (tertiary/aromatic N) is 1. The molecule has 0 aliphatic heterocycles. The summed E-state index contributed by atoms with van der Waals surface area (Å²) < 4.78 is 28.3. The summed E-state index contributed by atoms with van der Waals surface area (Å²) in [5.41, 5.74) is 8.57. The van der Waals surface area contributed by atoms with Crippen molar-refractivity contribution in [2.75, 3.05) is 6.54 Å². The van der Waals surface area contributed by atoms with Gasteiger partial charge in [-0.1, -0.05) is 18.2 Å². The van der Waals surface area contributed by atoms with Crippen LogP contribution in [-0.4, -0.2) is 11.1 Å². The summed E-state index contributed by atoms with van der Waals surface area (Å²) in [6.45, 7) is 1.11. The molecule has 0 aliphatic rings. The lowest BCUT2D eigenvalue weighted by molar-refractivity contribution is 0.506. The fourth-order valence-electron chi connectivity index (χ4n) is 2.52. The first-order valence-electron chi connectivity index (χ1n) is 6.89. The van der Waals surface area contributed by atoms with Crippen molar-refractivity contribution >= 4 is 10.9 Å². The lowest BCUT2D eigenvalue weighted by Gasteiger charge is -2.07. The minimum atomic E-state index is -0.818. The van der Waals surface area contributed by atoms with E-state index < -0.39 is 11.6 Å². The molecular formula is C17H16F2N2. The zero-order valence-corrected chi connectivity index (χ0v) is 11.5. The van der Waals surface area contributed by atoms with Gasteiger partial charge in [-0.15, -0.1) is 0 Å². The van der Waals surface area contributed by atoms with Crippen LogP contribution in [-0.2, 0) is 13.0 Å². The molecule has 1 aromatic heterocycles. The molecule has 0 unspecified atom stereocenters. The van der Waals surface area contributed by atoms with Crippen molar-refractivity contribution in [2.45, 2.75) is 13.0 Å². The van der Waals surface area contributed by atoms with Gasteiger partial charge in [0, 0.05) is 18.3 Å². The predicted molar refractivity (Wildman–Crippen MR) is 80.2 cm³/mol. The number of aromatic nitrogens is 1. The van der Waals surface area contributed by atoms with Gasteiger partial charge in [0.25, 0.3) is 0 Å². The summed E-state index contributed by atoms with van der Waals surface area (Å²) in [5.74, 6) is -1.63. The maximum Gasteiger partial charge on any atom is 0.159 e. The Morgan fingerprint density at radius 3 is 2.48 bits per heavy atom. The smallest absolute Gasteiger partial charge is 0.159 e. The molecule has 0 atom stereocenters. The van der Waals surface area contributed by atoms with Crippen LogP contribution in [0.25, 0.3) is 10.9 Å². The van der Waals surface area contributed by atoms with E-state index in [0.717, 1.165) is 29.0 Å². The first-order chi connectivity index (χ1) is 10.2. The number of rotatable bonds is 4. The molecule has 0 amide bonds. The van der Waals surface area contributed by atoms with Crippen LogP contribution in [0.3, 0.4) is 0 Å². The van der Waals surface area contributed by atoms with Crippen molar-refractivity contribution in [3.05, 3.63) is 71.4 Å². The highest BCUT2D eigenvalue weighted by Crippen LogP contribution is 2.20. The van der Waals surface area contributed by atoms with Gasteiger partial charge < -0.3 is 10.3 Å². The summed E-state index contributed by atoms with van der Waals surface area (Å²) in [5, 5.41) is 1.12. The highest BCUT2D eigenvalue weighted by atomic mass is 19.2. The minimum absolute atomic E-state index is 0.507. The molecule has 3 rings (SSSR count). The lowest BCUT2D eigenvalue weighted by Crippen LogP contribution is -2.03. The monoisotopic (exact) mass is 286 g/mol. The Hall–Kier alpha value is -2.20. The van der Waals surface area contributed by atoms with Crippen LogP contribution in [0.5, 0.6) is 0 Å². The molecule has 21 heavy (non-hydrogen) atoms. The molecular weight excluding hydrogens is 270 g/mol. The maximum absolute atomic E-state index is 13.3. The Kier molecular flexibility index (Phi) is 3.71. The van der Waals surface area contributed by atoms with Crippen LogP contribution in [0.15, 0.2) is 48.7 Å². The second-order valence-electron chi connectivity index (χ2n) is 5.12. The Balaban J connectivity index is 1.95. The molecule has 2 nitrogen and oxygen atoms in total. The number of halogens is 2. The molecule has 0 aliphatic carbocycles. The van der Waals surface area contributed by atoms with E-state index in [1.165, 1.54) is 11.6 Å². The van der Waals surface area contributed by atoms with Gasteiger partial charge in [-0.25, -0.2) is 8.78 Å². The Bertz CT molecular complexity index is 778. The average molecular weight is 286 g/mol. The fourth-order valence-corrected chi connectivity index (χ4v) is 2.52. The van der Waals surface area contributed by atoms with Crippen molar-refractivity contribution in [3.8, 4) is 0 Å². The van der Waals surface area contributed by atoms with Crippen molar-refractivity contribution < 1.29 is 8.78 Å². The van der Waals surface area contributed by atoms with E-state index >= 15 is 0 Å². The molecule has 3 aromatic rings. The largest absolute Gasteiger partial charge is 0.343 e. The highest BCUT2D eigenvalue weighted by molar-refractivity contribution is 5.81. The van der Waals surface area contributed by atoms with Gasteiger partial charge in [-0.05, 0) is 53.7 Å². The SMILES string of the molecule is NCCc1ccc2ccn(Cc3ccc(F)c(F)c3)c2c1. The quantitative estimate of drug-likeness (QED) is 0.782. The molecule has 0 saturated carbocycles. The van der Waals surface area contributed by atoms with Gasteiger partial charge in [-0.2, -0.15) is 0 Å². The normalized spacial score (nSPS) is 11.2. The third-order valence-electron chi connectivity index (χ3n) is 3.61. The van der Waals surface area contributed by atoms with Gasteiger partial charge in [0.2, 0.25) is 0 Å². The van der Waals surface area contributed by atoms with E-state index in [4.69, 9.17) is 5.73 Å². The molecule has 2 N–H and O–H groups in total. The van der Waals surface area contributed by atoms with Gasteiger partial charge >= 0.3 is 0 Å². The molecule has 0 saturated heterocycles. The molecule has 0 spiro atoms. The Morgan fingerprint density at radius 2 is 1.71 bits per heavy atom. The number of hydrogen-bond donors (Lipinski definition) is 1. The summed E-state index contributed by atoms with van der Waals surface area (Å²) in [4.78, 5) is 0. The van der Waals surface area contributed by atoms with Crippen molar-refractivity contribution in [2.24, 2.45) is 5.73 Å². The topological polar surface area (TPSA) is 30.9 Å². The summed E-state index contributed by atoms with van der Waals surface area (Å²) in [7, 11) is 0. The van der Waals surface area contributed by atoms with Gasteiger partial charge in [0.1, 0.15) is 0 Å². The van der Waals surface area contributed by atoms with Crippen molar-refractivity contribution in [1.82, 2.24) is 4.57 Å². The minimum Gasteiger partial charge on any atom is -0.343 e. The van der Waals surface area contributed by atoms with Crippen LogP contribution in [0, 0.1) is 11.6 Å². The van der Waals surface area contributed by atoms with Crippen LogP contribution in [0.1, 0.15) is 11.1 Å². The van der Waals surface area contributed by atoms with Gasteiger partial charge in [0.05, 0.1) is 0 Å². The molecule has 4 heteroatoms. The maximum atomic E-state index is 13.3. The highest BCUT2D eigenvalue weighted by Gasteiger charge is 2.06. The fraction of sp³-hybridized carbons (Fsp3) is 0.176. The molecule has 0 fully saturated rings. The van der Waals surface area contributed by atoms with E-state index in [9.17, 15) is 8.78 Å². The average Bonchev–Trinajstić information content (AvgIpc) is 2.86. The number of fused-ring (bicyclic) bond motifs is 1. The molecule has 1 heterocycles. The first kappa shape index (κ1) is 13.8. The molecule has 0 bridgehead atoms. The van der Waals surface area contributed by atoms with E-state index in [1.807, 2.05) is 16.8 Å². The van der Waals surface area contributed by atoms with E-state index in [0.29, 0.717) is 13.1 Å². The first-order valence-corrected chi connectivity index (χ1v) is 6.89. The predicted octanol–water partition coefficient (Wildman–Crippen LogP) is 3.47. The van der Waals surface area contributed by atoms with Crippen molar-refractivity contribution in [3.63, 3.8) is 0 Å².